The lowest BCUT2D eigenvalue weighted by atomic mass is 9.92. The SMILES string of the molecule is C=CCC(CC)(N=C)C(=O)N/C=C\CCC. The molecule has 0 aliphatic carbocycles. The lowest BCUT2D eigenvalue weighted by molar-refractivity contribution is -0.125. The van der Waals surface area contributed by atoms with Crippen LogP contribution in [0.5, 0.6) is 0 Å². The second kappa shape index (κ2) is 7.85. The van der Waals surface area contributed by atoms with E-state index in [4.69, 9.17) is 0 Å². The Balaban J connectivity index is 4.49. The van der Waals surface area contributed by atoms with Crippen molar-refractivity contribution in [2.45, 2.75) is 45.1 Å². The van der Waals surface area contributed by atoms with E-state index in [1.807, 2.05) is 13.0 Å². The molecule has 0 aromatic carbocycles. The average Bonchev–Trinajstić information content (AvgIpc) is 2.31. The molecule has 3 heteroatoms. The Morgan fingerprint density at radius 1 is 1.50 bits per heavy atom. The molecule has 0 aliphatic rings. The third-order valence-corrected chi connectivity index (χ3v) is 2.58. The van der Waals surface area contributed by atoms with Crippen molar-refractivity contribution in [3.63, 3.8) is 0 Å². The van der Waals surface area contributed by atoms with Gasteiger partial charge in [0.15, 0.2) is 0 Å². The highest BCUT2D eigenvalue weighted by Crippen LogP contribution is 2.20. The Morgan fingerprint density at radius 2 is 2.19 bits per heavy atom. The highest BCUT2D eigenvalue weighted by atomic mass is 16.2. The third-order valence-electron chi connectivity index (χ3n) is 2.58. The van der Waals surface area contributed by atoms with Crippen molar-refractivity contribution >= 4 is 12.6 Å². The molecule has 0 aliphatic heterocycles. The fourth-order valence-corrected chi connectivity index (χ4v) is 1.40. The van der Waals surface area contributed by atoms with Crippen molar-refractivity contribution in [2.24, 2.45) is 4.99 Å². The largest absolute Gasteiger partial charge is 0.331 e. The molecular formula is C13H22N2O. The zero-order valence-electron chi connectivity index (χ0n) is 10.3. The molecule has 0 aromatic rings. The molecule has 0 spiro atoms. The average molecular weight is 222 g/mol. The van der Waals surface area contributed by atoms with Gasteiger partial charge in [0.05, 0.1) is 0 Å². The number of rotatable bonds is 8. The first-order valence-electron chi connectivity index (χ1n) is 5.71. The van der Waals surface area contributed by atoms with Gasteiger partial charge in [-0.25, -0.2) is 0 Å². The summed E-state index contributed by atoms with van der Waals surface area (Å²) in [5, 5.41) is 2.74. The zero-order valence-corrected chi connectivity index (χ0v) is 10.3. The van der Waals surface area contributed by atoms with E-state index in [1.165, 1.54) is 0 Å². The molecule has 0 aromatic heterocycles. The number of amides is 1. The van der Waals surface area contributed by atoms with Gasteiger partial charge in [-0.3, -0.25) is 9.79 Å². The summed E-state index contributed by atoms with van der Waals surface area (Å²) in [4.78, 5) is 15.9. The zero-order chi connectivity index (χ0) is 12.4. The number of carbonyl (C=O) groups is 1. The van der Waals surface area contributed by atoms with E-state index in [1.54, 1.807) is 12.3 Å². The maximum absolute atomic E-state index is 11.9. The van der Waals surface area contributed by atoms with Gasteiger partial charge in [0.25, 0.3) is 5.91 Å². The molecule has 0 bridgehead atoms. The number of unbranched alkanes of at least 4 members (excludes halogenated alkanes) is 1. The fourth-order valence-electron chi connectivity index (χ4n) is 1.40. The summed E-state index contributed by atoms with van der Waals surface area (Å²) >= 11 is 0. The smallest absolute Gasteiger partial charge is 0.252 e. The van der Waals surface area contributed by atoms with Gasteiger partial charge in [0.2, 0.25) is 0 Å². The van der Waals surface area contributed by atoms with E-state index in [-0.39, 0.29) is 5.91 Å². The molecule has 0 fully saturated rings. The summed E-state index contributed by atoms with van der Waals surface area (Å²) in [5.74, 6) is -0.114. The highest BCUT2D eigenvalue weighted by Gasteiger charge is 2.33. The summed E-state index contributed by atoms with van der Waals surface area (Å²) in [6, 6.07) is 0. The number of hydrogen-bond donors (Lipinski definition) is 1. The van der Waals surface area contributed by atoms with Gasteiger partial charge in [-0.1, -0.05) is 32.4 Å². The molecule has 90 valence electrons. The van der Waals surface area contributed by atoms with Crippen LogP contribution in [0.25, 0.3) is 0 Å². The summed E-state index contributed by atoms with van der Waals surface area (Å²) in [6.07, 6.45) is 8.49. The molecule has 1 unspecified atom stereocenters. The molecule has 0 rings (SSSR count). The molecule has 16 heavy (non-hydrogen) atoms. The third kappa shape index (κ3) is 4.01. The molecule has 0 saturated heterocycles. The lowest BCUT2D eigenvalue weighted by Crippen LogP contribution is -2.42. The molecule has 0 radical (unpaired) electrons. The van der Waals surface area contributed by atoms with Crippen LogP contribution < -0.4 is 5.32 Å². The second-order valence-corrected chi connectivity index (χ2v) is 3.70. The first kappa shape index (κ1) is 14.6. The van der Waals surface area contributed by atoms with E-state index < -0.39 is 5.54 Å². The lowest BCUT2D eigenvalue weighted by Gasteiger charge is -2.24. The van der Waals surface area contributed by atoms with Crippen molar-refractivity contribution in [3.05, 3.63) is 24.9 Å². The van der Waals surface area contributed by atoms with E-state index >= 15 is 0 Å². The summed E-state index contributed by atoms with van der Waals surface area (Å²) in [5.41, 5.74) is -0.766. The number of nitrogens with zero attached hydrogens (tertiary/aromatic N) is 1. The minimum absolute atomic E-state index is 0.114. The van der Waals surface area contributed by atoms with Gasteiger partial charge < -0.3 is 5.32 Å². The maximum Gasteiger partial charge on any atom is 0.252 e. The Bertz CT molecular complexity index is 271. The Kier molecular flexibility index (Phi) is 7.18. The van der Waals surface area contributed by atoms with E-state index in [2.05, 4.69) is 30.5 Å². The summed E-state index contributed by atoms with van der Waals surface area (Å²) in [6.45, 7) is 11.2. The monoisotopic (exact) mass is 222 g/mol. The first-order valence-corrected chi connectivity index (χ1v) is 5.71. The maximum atomic E-state index is 11.9. The van der Waals surface area contributed by atoms with Crippen LogP contribution in [0.1, 0.15) is 39.5 Å². The van der Waals surface area contributed by atoms with Crippen LogP contribution in [-0.4, -0.2) is 18.2 Å². The molecule has 1 N–H and O–H groups in total. The van der Waals surface area contributed by atoms with Crippen LogP contribution in [0.3, 0.4) is 0 Å². The standard InChI is InChI=1S/C13H22N2O/c1-5-8-9-11-15-12(16)13(7-3,14-4)10-6-2/h6,9,11H,2,4-5,7-8,10H2,1,3H3,(H,15,16)/b11-9-. The minimum atomic E-state index is -0.766. The van der Waals surface area contributed by atoms with Crippen molar-refractivity contribution in [2.75, 3.05) is 0 Å². The predicted octanol–water partition coefficient (Wildman–Crippen LogP) is 2.84. The van der Waals surface area contributed by atoms with Crippen LogP contribution in [0.2, 0.25) is 0 Å². The minimum Gasteiger partial charge on any atom is -0.331 e. The number of hydrogen-bond acceptors (Lipinski definition) is 2. The number of carbonyl (C=O) groups excluding carboxylic acids is 1. The van der Waals surface area contributed by atoms with Gasteiger partial charge in [-0.05, 0) is 32.2 Å². The topological polar surface area (TPSA) is 41.5 Å². The summed E-state index contributed by atoms with van der Waals surface area (Å²) < 4.78 is 0. The van der Waals surface area contributed by atoms with Crippen LogP contribution in [0.15, 0.2) is 29.9 Å². The number of nitrogens with one attached hydrogen (secondary N) is 1. The van der Waals surface area contributed by atoms with Gasteiger partial charge in [-0.2, -0.15) is 0 Å². The molecule has 0 saturated carbocycles. The predicted molar refractivity (Wildman–Crippen MR) is 69.6 cm³/mol. The van der Waals surface area contributed by atoms with E-state index in [0.29, 0.717) is 12.8 Å². The quantitative estimate of drug-likeness (QED) is 0.498. The molecule has 1 atom stereocenters. The normalized spacial score (nSPS) is 14.4. The first-order chi connectivity index (χ1) is 7.66. The molecular weight excluding hydrogens is 200 g/mol. The number of allylic oxidation sites excluding steroid dienone is 1. The fraction of sp³-hybridized carbons (Fsp3) is 0.538. The van der Waals surface area contributed by atoms with Crippen molar-refractivity contribution < 1.29 is 4.79 Å². The van der Waals surface area contributed by atoms with Crippen LogP contribution >= 0.6 is 0 Å². The summed E-state index contributed by atoms with van der Waals surface area (Å²) in [7, 11) is 0. The van der Waals surface area contributed by atoms with E-state index in [9.17, 15) is 4.79 Å². The highest BCUT2D eigenvalue weighted by molar-refractivity contribution is 5.88. The van der Waals surface area contributed by atoms with Gasteiger partial charge >= 0.3 is 0 Å². The Morgan fingerprint density at radius 3 is 2.62 bits per heavy atom. The van der Waals surface area contributed by atoms with Crippen LogP contribution in [-0.2, 0) is 4.79 Å². The van der Waals surface area contributed by atoms with Gasteiger partial charge in [-0.15, -0.1) is 6.58 Å². The van der Waals surface area contributed by atoms with Crippen molar-refractivity contribution in [3.8, 4) is 0 Å². The molecule has 0 heterocycles. The Labute approximate surface area is 98.3 Å². The van der Waals surface area contributed by atoms with Gasteiger partial charge in [0, 0.05) is 0 Å². The van der Waals surface area contributed by atoms with E-state index in [0.717, 1.165) is 12.8 Å². The van der Waals surface area contributed by atoms with Crippen molar-refractivity contribution in [1.29, 1.82) is 0 Å². The van der Waals surface area contributed by atoms with Gasteiger partial charge in [0.1, 0.15) is 5.54 Å². The van der Waals surface area contributed by atoms with Crippen LogP contribution in [0.4, 0.5) is 0 Å². The Hall–Kier alpha value is -1.38. The van der Waals surface area contributed by atoms with Crippen LogP contribution in [0, 0.1) is 0 Å². The molecule has 1 amide bonds. The molecule has 3 nitrogen and oxygen atoms in total. The second-order valence-electron chi connectivity index (χ2n) is 3.70. The van der Waals surface area contributed by atoms with Crippen molar-refractivity contribution in [1.82, 2.24) is 5.32 Å². The number of aliphatic imine (C=N–C) groups is 1.